The van der Waals surface area contributed by atoms with Crippen LogP contribution < -0.4 is 0 Å². The van der Waals surface area contributed by atoms with Gasteiger partial charge >= 0.3 is 0 Å². The molecule has 0 spiro atoms. The first-order valence-electron chi connectivity index (χ1n) is 7.17. The van der Waals surface area contributed by atoms with Gasteiger partial charge in [0.15, 0.2) is 0 Å². The van der Waals surface area contributed by atoms with Gasteiger partial charge < -0.3 is 0 Å². The Morgan fingerprint density at radius 3 is 2.20 bits per heavy atom. The van der Waals surface area contributed by atoms with Crippen molar-refractivity contribution >= 4 is 5.57 Å². The molecule has 0 aliphatic heterocycles. The lowest BCUT2D eigenvalue weighted by molar-refractivity contribution is 0.968. The lowest BCUT2D eigenvalue weighted by Gasteiger charge is -2.10. The molecule has 0 saturated carbocycles. The maximum absolute atomic E-state index is 2.33. The van der Waals surface area contributed by atoms with Gasteiger partial charge in [-0.1, -0.05) is 85.3 Å². The minimum atomic E-state index is 0.405. The van der Waals surface area contributed by atoms with E-state index in [0.29, 0.717) is 5.92 Å². The van der Waals surface area contributed by atoms with Crippen molar-refractivity contribution in [2.45, 2.75) is 26.7 Å². The Labute approximate surface area is 122 Å². The average molecular weight is 262 g/mol. The number of hydrogen-bond acceptors (Lipinski definition) is 0. The highest BCUT2D eigenvalue weighted by Gasteiger charge is 2.04. The molecule has 102 valence electrons. The standard InChI is InChI=1S/C20H22/c1-4-8-20(19-9-6-5-7-10-19)15-17(3)18-13-11-16(2)12-14-18/h4-15,17H,1-3H3/b8-4-,20-15+. The summed E-state index contributed by atoms with van der Waals surface area (Å²) in [6.45, 7) is 6.43. The molecule has 2 aromatic rings. The topological polar surface area (TPSA) is 0 Å². The minimum absolute atomic E-state index is 0.405. The van der Waals surface area contributed by atoms with Crippen LogP contribution in [0.4, 0.5) is 0 Å². The Morgan fingerprint density at radius 2 is 1.60 bits per heavy atom. The molecule has 2 aromatic carbocycles. The summed E-state index contributed by atoms with van der Waals surface area (Å²) in [5.74, 6) is 0.405. The zero-order valence-electron chi connectivity index (χ0n) is 12.5. The minimum Gasteiger partial charge on any atom is -0.0871 e. The van der Waals surface area contributed by atoms with Crippen LogP contribution in [0.25, 0.3) is 5.57 Å². The molecule has 0 amide bonds. The van der Waals surface area contributed by atoms with Gasteiger partial charge in [0.1, 0.15) is 0 Å². The molecule has 0 heteroatoms. The van der Waals surface area contributed by atoms with Gasteiger partial charge in [0.05, 0.1) is 0 Å². The number of hydrogen-bond donors (Lipinski definition) is 0. The van der Waals surface area contributed by atoms with E-state index in [-0.39, 0.29) is 0 Å². The van der Waals surface area contributed by atoms with E-state index in [2.05, 4.69) is 93.6 Å². The number of benzene rings is 2. The Kier molecular flexibility index (Phi) is 4.95. The highest BCUT2D eigenvalue weighted by Crippen LogP contribution is 2.24. The molecule has 0 nitrogen and oxygen atoms in total. The van der Waals surface area contributed by atoms with Crippen LogP contribution in [-0.2, 0) is 0 Å². The highest BCUT2D eigenvalue weighted by molar-refractivity contribution is 5.74. The van der Waals surface area contributed by atoms with Crippen LogP contribution in [0.3, 0.4) is 0 Å². The smallest absolute Gasteiger partial charge is 0.000123 e. The summed E-state index contributed by atoms with van der Waals surface area (Å²) in [6, 6.07) is 19.3. The molecule has 0 heterocycles. The van der Waals surface area contributed by atoms with Crippen molar-refractivity contribution in [3.63, 3.8) is 0 Å². The van der Waals surface area contributed by atoms with Crippen LogP contribution in [0.5, 0.6) is 0 Å². The molecule has 0 N–H and O–H groups in total. The molecule has 1 atom stereocenters. The van der Waals surface area contributed by atoms with Gasteiger partial charge in [-0.05, 0) is 36.5 Å². The fourth-order valence-electron chi connectivity index (χ4n) is 2.29. The largest absolute Gasteiger partial charge is 0.0871 e. The van der Waals surface area contributed by atoms with Crippen molar-refractivity contribution in [3.8, 4) is 0 Å². The van der Waals surface area contributed by atoms with E-state index in [0.717, 1.165) is 0 Å². The van der Waals surface area contributed by atoms with Crippen molar-refractivity contribution in [2.75, 3.05) is 0 Å². The van der Waals surface area contributed by atoms with Crippen molar-refractivity contribution < 1.29 is 0 Å². The van der Waals surface area contributed by atoms with Crippen molar-refractivity contribution in [1.82, 2.24) is 0 Å². The van der Waals surface area contributed by atoms with Gasteiger partial charge in [-0.15, -0.1) is 0 Å². The molecule has 0 bridgehead atoms. The fraction of sp³-hybridized carbons (Fsp3) is 0.200. The van der Waals surface area contributed by atoms with Crippen molar-refractivity contribution in [1.29, 1.82) is 0 Å². The van der Waals surface area contributed by atoms with Gasteiger partial charge in [0, 0.05) is 0 Å². The Bertz CT molecular complexity index is 586. The zero-order valence-corrected chi connectivity index (χ0v) is 12.5. The van der Waals surface area contributed by atoms with E-state index in [4.69, 9.17) is 0 Å². The number of aryl methyl sites for hydroxylation is 1. The second kappa shape index (κ2) is 6.91. The predicted octanol–water partition coefficient (Wildman–Crippen LogP) is 5.76. The van der Waals surface area contributed by atoms with E-state index >= 15 is 0 Å². The summed E-state index contributed by atoms with van der Waals surface area (Å²) < 4.78 is 0. The Morgan fingerprint density at radius 1 is 0.950 bits per heavy atom. The molecule has 0 fully saturated rings. The highest BCUT2D eigenvalue weighted by atomic mass is 14.1. The van der Waals surface area contributed by atoms with Gasteiger partial charge in [-0.3, -0.25) is 0 Å². The monoisotopic (exact) mass is 262 g/mol. The summed E-state index contributed by atoms with van der Waals surface area (Å²) in [5, 5.41) is 0. The van der Waals surface area contributed by atoms with Crippen LogP contribution in [0.2, 0.25) is 0 Å². The summed E-state index contributed by atoms with van der Waals surface area (Å²) in [4.78, 5) is 0. The van der Waals surface area contributed by atoms with Gasteiger partial charge in [-0.25, -0.2) is 0 Å². The normalized spacial score (nSPS) is 13.7. The van der Waals surface area contributed by atoms with E-state index in [1.807, 2.05) is 0 Å². The van der Waals surface area contributed by atoms with E-state index in [9.17, 15) is 0 Å². The molecule has 2 rings (SSSR count). The fourth-order valence-corrected chi connectivity index (χ4v) is 2.29. The maximum atomic E-state index is 2.33. The maximum Gasteiger partial charge on any atom is -0.000123 e. The zero-order chi connectivity index (χ0) is 14.4. The molecule has 0 aromatic heterocycles. The van der Waals surface area contributed by atoms with E-state index < -0.39 is 0 Å². The third kappa shape index (κ3) is 3.71. The SMILES string of the molecule is C/C=C\C(=C/C(C)c1ccc(C)cc1)c1ccccc1. The average Bonchev–Trinajstić information content (AvgIpc) is 2.48. The summed E-state index contributed by atoms with van der Waals surface area (Å²) in [6.07, 6.45) is 6.61. The summed E-state index contributed by atoms with van der Waals surface area (Å²) >= 11 is 0. The second-order valence-electron chi connectivity index (χ2n) is 5.19. The quantitative estimate of drug-likeness (QED) is 0.615. The Hall–Kier alpha value is -2.08. The molecular formula is C20H22. The second-order valence-corrected chi connectivity index (χ2v) is 5.19. The van der Waals surface area contributed by atoms with Crippen LogP contribution in [0, 0.1) is 6.92 Å². The number of allylic oxidation sites excluding steroid dienone is 4. The third-order valence-corrected chi connectivity index (χ3v) is 3.49. The van der Waals surface area contributed by atoms with Crippen LogP contribution in [0.15, 0.2) is 72.8 Å². The first-order chi connectivity index (χ1) is 9.70. The lowest BCUT2D eigenvalue weighted by atomic mass is 9.94. The predicted molar refractivity (Wildman–Crippen MR) is 88.8 cm³/mol. The van der Waals surface area contributed by atoms with Crippen molar-refractivity contribution in [2.24, 2.45) is 0 Å². The summed E-state index contributed by atoms with van der Waals surface area (Å²) in [7, 11) is 0. The lowest BCUT2D eigenvalue weighted by Crippen LogP contribution is -1.91. The molecule has 0 radical (unpaired) electrons. The molecule has 0 aliphatic rings. The molecule has 20 heavy (non-hydrogen) atoms. The van der Waals surface area contributed by atoms with E-state index in [1.54, 1.807) is 0 Å². The van der Waals surface area contributed by atoms with Gasteiger partial charge in [0.25, 0.3) is 0 Å². The molecular weight excluding hydrogens is 240 g/mol. The van der Waals surface area contributed by atoms with Crippen LogP contribution >= 0.6 is 0 Å². The van der Waals surface area contributed by atoms with Crippen molar-refractivity contribution in [3.05, 3.63) is 89.5 Å². The molecule has 1 unspecified atom stereocenters. The van der Waals surface area contributed by atoms with Crippen LogP contribution in [-0.4, -0.2) is 0 Å². The van der Waals surface area contributed by atoms with Crippen LogP contribution in [0.1, 0.15) is 36.5 Å². The number of rotatable bonds is 4. The van der Waals surface area contributed by atoms with Gasteiger partial charge in [-0.2, -0.15) is 0 Å². The summed E-state index contributed by atoms with van der Waals surface area (Å²) in [5.41, 5.74) is 5.21. The third-order valence-electron chi connectivity index (χ3n) is 3.49. The van der Waals surface area contributed by atoms with Gasteiger partial charge in [0.2, 0.25) is 0 Å². The molecule has 0 saturated heterocycles. The first-order valence-corrected chi connectivity index (χ1v) is 7.17. The Balaban J connectivity index is 2.31. The first kappa shape index (κ1) is 14.3. The molecule has 0 aliphatic carbocycles. The van der Waals surface area contributed by atoms with E-state index in [1.165, 1.54) is 22.3 Å².